The Kier molecular flexibility index (Phi) is 5.36. The molecule has 2 heterocycles. The number of furan rings is 1. The van der Waals surface area contributed by atoms with Crippen LogP contribution in [0, 0.1) is 29.1 Å². The van der Waals surface area contributed by atoms with E-state index in [0.29, 0.717) is 34.6 Å². The highest BCUT2D eigenvalue weighted by Gasteiger charge is 2.74. The van der Waals surface area contributed by atoms with Crippen molar-refractivity contribution in [2.45, 2.75) is 83.2 Å². The first kappa shape index (κ1) is 22.9. The number of ketones is 3. The van der Waals surface area contributed by atoms with Gasteiger partial charge in [0, 0.05) is 11.8 Å². The zero-order valence-electron chi connectivity index (χ0n) is 19.7. The lowest BCUT2D eigenvalue weighted by atomic mass is 9.50. The highest BCUT2D eigenvalue weighted by Crippen LogP contribution is 2.69. The lowest BCUT2D eigenvalue weighted by molar-refractivity contribution is -0.186. The van der Waals surface area contributed by atoms with Crippen LogP contribution in [0.2, 0.25) is 0 Å². The summed E-state index contributed by atoms with van der Waals surface area (Å²) < 4.78 is 19.3. The van der Waals surface area contributed by atoms with Gasteiger partial charge in [0.1, 0.15) is 5.78 Å². The molecule has 3 saturated carbocycles. The van der Waals surface area contributed by atoms with Crippen LogP contribution in [0.5, 0.6) is 0 Å². The maximum absolute atomic E-state index is 13.8. The first-order valence-corrected chi connectivity index (χ1v) is 13.4. The summed E-state index contributed by atoms with van der Waals surface area (Å²) in [6.07, 6.45) is 6.85. The summed E-state index contributed by atoms with van der Waals surface area (Å²) in [5.74, 6) is 2.30. The number of hydrogen-bond donors (Lipinski definition) is 0. The van der Waals surface area contributed by atoms with E-state index in [1.807, 2.05) is 6.08 Å². The van der Waals surface area contributed by atoms with Crippen LogP contribution < -0.4 is 0 Å². The molecule has 0 spiro atoms. The van der Waals surface area contributed by atoms with Crippen LogP contribution >= 0.6 is 15.9 Å². The van der Waals surface area contributed by atoms with Gasteiger partial charge in [-0.15, -0.1) is 0 Å². The second kappa shape index (κ2) is 7.97. The summed E-state index contributed by atoms with van der Waals surface area (Å²) in [7, 11) is 0. The molecular weight excluding hydrogens is 500 g/mol. The van der Waals surface area contributed by atoms with Crippen LogP contribution in [0.1, 0.15) is 77.3 Å². The minimum atomic E-state index is -1.14. The van der Waals surface area contributed by atoms with Gasteiger partial charge in [-0.3, -0.25) is 14.4 Å². The molecule has 8 atom stereocenters. The van der Waals surface area contributed by atoms with Crippen LogP contribution in [-0.2, 0) is 23.9 Å². The molecule has 4 fully saturated rings. The van der Waals surface area contributed by atoms with E-state index in [1.165, 1.54) is 12.5 Å². The summed E-state index contributed by atoms with van der Waals surface area (Å²) in [5, 5.41) is 0. The lowest BCUT2D eigenvalue weighted by Gasteiger charge is -2.55. The van der Waals surface area contributed by atoms with Crippen LogP contribution in [0.15, 0.2) is 32.9 Å². The first-order chi connectivity index (χ1) is 16.2. The molecule has 0 bridgehead atoms. The van der Waals surface area contributed by atoms with Crippen molar-refractivity contribution in [1.82, 2.24) is 0 Å². The highest BCUT2D eigenvalue weighted by molar-refractivity contribution is 9.10. The fourth-order valence-electron chi connectivity index (χ4n) is 8.37. The number of carbonyl (C=O) groups is 3. The molecule has 6 nitrogen and oxygen atoms in total. The Bertz CT molecular complexity index is 1090. The molecule has 0 N–H and O–H groups in total. The number of carbonyl (C=O) groups excluding carboxylic acids is 3. The molecule has 34 heavy (non-hydrogen) atoms. The van der Waals surface area contributed by atoms with Gasteiger partial charge >= 0.3 is 0 Å². The van der Waals surface area contributed by atoms with Crippen LogP contribution in [0.25, 0.3) is 0 Å². The van der Waals surface area contributed by atoms with Gasteiger partial charge in [0.05, 0.1) is 12.5 Å². The zero-order valence-corrected chi connectivity index (χ0v) is 21.3. The second-order valence-corrected chi connectivity index (χ2v) is 12.0. The summed E-state index contributed by atoms with van der Waals surface area (Å²) in [6.45, 7) is 3.66. The standard InChI is InChI=1S/C27H31BrO6/c1-14(29)11-22(31)27-23(33-25(34-27)21-7-8-24(28)32-21)13-20-19-5-3-15-12-16(30)4-6-17(15)18(19)9-10-26(20,27)2/h7-8,12,17-20,23,25H,3-6,9-11,13H2,1-2H3/t17-,18+,19+,20-,23+,25-,26-,27+/m0/s1. The molecular formula is C27H31BrO6. The van der Waals surface area contributed by atoms with Gasteiger partial charge in [-0.25, -0.2) is 0 Å². The molecule has 1 aliphatic heterocycles. The molecule has 7 heteroatoms. The Hall–Kier alpha value is -1.57. The van der Waals surface area contributed by atoms with Gasteiger partial charge in [-0.2, -0.15) is 0 Å². The largest absolute Gasteiger partial charge is 0.449 e. The number of hydrogen-bond acceptors (Lipinski definition) is 6. The third-order valence-electron chi connectivity index (χ3n) is 9.69. The van der Waals surface area contributed by atoms with Gasteiger partial charge in [0.25, 0.3) is 0 Å². The molecule has 4 aliphatic carbocycles. The number of halogens is 1. The first-order valence-electron chi connectivity index (χ1n) is 12.6. The number of rotatable bonds is 4. The third kappa shape index (κ3) is 3.15. The maximum Gasteiger partial charge on any atom is 0.218 e. The molecule has 5 aliphatic rings. The van der Waals surface area contributed by atoms with Crippen molar-refractivity contribution in [1.29, 1.82) is 0 Å². The van der Waals surface area contributed by atoms with Crippen molar-refractivity contribution in [3.05, 3.63) is 34.2 Å². The zero-order chi connectivity index (χ0) is 23.8. The normalized spacial score (nSPS) is 42.9. The molecule has 182 valence electrons. The van der Waals surface area contributed by atoms with E-state index < -0.39 is 23.4 Å². The predicted octanol–water partition coefficient (Wildman–Crippen LogP) is 5.49. The SMILES string of the molecule is CC(=O)CC(=O)[C@@]12O[C@@H](c3ccc(Br)o3)O[C@@H]1C[C@H]1[C@@H]3CCC4=CC(=O)CC[C@@H]4[C@H]3CC[C@@]12C. The van der Waals surface area contributed by atoms with Gasteiger partial charge in [-0.05, 0) is 103 Å². The van der Waals surface area contributed by atoms with Gasteiger partial charge < -0.3 is 13.9 Å². The van der Waals surface area contributed by atoms with Crippen molar-refractivity contribution in [3.8, 4) is 0 Å². The Morgan fingerprint density at radius 3 is 2.71 bits per heavy atom. The van der Waals surface area contributed by atoms with Crippen molar-refractivity contribution in [2.75, 3.05) is 0 Å². The molecule has 6 rings (SSSR count). The van der Waals surface area contributed by atoms with E-state index in [4.69, 9.17) is 13.9 Å². The fraction of sp³-hybridized carbons (Fsp3) is 0.667. The average molecular weight is 531 g/mol. The fourth-order valence-corrected chi connectivity index (χ4v) is 8.69. The number of Topliss-reactive ketones (excluding diaryl/α,β-unsaturated/α-hetero) is 2. The maximum atomic E-state index is 13.8. The number of fused-ring (bicyclic) bond motifs is 7. The average Bonchev–Trinajstić information content (AvgIpc) is 3.44. The Balaban J connectivity index is 1.36. The summed E-state index contributed by atoms with van der Waals surface area (Å²) in [5.41, 5.74) is -0.204. The number of ether oxygens (including phenoxy) is 2. The number of allylic oxidation sites excluding steroid dienone is 1. The van der Waals surface area contributed by atoms with E-state index >= 15 is 0 Å². The smallest absolute Gasteiger partial charge is 0.218 e. The van der Waals surface area contributed by atoms with E-state index in [9.17, 15) is 14.4 Å². The lowest BCUT2D eigenvalue weighted by Crippen LogP contribution is -2.59. The van der Waals surface area contributed by atoms with E-state index in [1.54, 1.807) is 12.1 Å². The van der Waals surface area contributed by atoms with Crippen LogP contribution in [-0.4, -0.2) is 29.1 Å². The molecule has 0 amide bonds. The Labute approximate surface area is 207 Å². The minimum absolute atomic E-state index is 0.136. The summed E-state index contributed by atoms with van der Waals surface area (Å²) >= 11 is 3.34. The van der Waals surface area contributed by atoms with Crippen LogP contribution in [0.4, 0.5) is 0 Å². The van der Waals surface area contributed by atoms with Crippen LogP contribution in [0.3, 0.4) is 0 Å². The summed E-state index contributed by atoms with van der Waals surface area (Å²) in [4.78, 5) is 37.9. The molecule has 0 aromatic carbocycles. The molecule has 0 radical (unpaired) electrons. The highest BCUT2D eigenvalue weighted by atomic mass is 79.9. The third-order valence-corrected chi connectivity index (χ3v) is 10.1. The molecule has 0 unspecified atom stereocenters. The predicted molar refractivity (Wildman–Crippen MR) is 126 cm³/mol. The van der Waals surface area contributed by atoms with E-state index in [2.05, 4.69) is 22.9 Å². The molecule has 1 aromatic heterocycles. The Morgan fingerprint density at radius 1 is 1.15 bits per heavy atom. The molecule has 1 aromatic rings. The van der Waals surface area contributed by atoms with Gasteiger partial charge in [0.15, 0.2) is 27.6 Å². The monoisotopic (exact) mass is 530 g/mol. The molecule has 1 saturated heterocycles. The quantitative estimate of drug-likeness (QED) is 0.478. The van der Waals surface area contributed by atoms with Crippen molar-refractivity contribution in [3.63, 3.8) is 0 Å². The van der Waals surface area contributed by atoms with Crippen molar-refractivity contribution >= 4 is 33.3 Å². The minimum Gasteiger partial charge on any atom is -0.449 e. The van der Waals surface area contributed by atoms with E-state index in [-0.39, 0.29) is 29.7 Å². The van der Waals surface area contributed by atoms with Gasteiger partial charge in [-0.1, -0.05) is 12.5 Å². The van der Waals surface area contributed by atoms with E-state index in [0.717, 1.165) is 38.5 Å². The Morgan fingerprint density at radius 2 is 1.97 bits per heavy atom. The van der Waals surface area contributed by atoms with Crippen molar-refractivity contribution < 1.29 is 28.3 Å². The summed E-state index contributed by atoms with van der Waals surface area (Å²) in [6, 6.07) is 3.59. The van der Waals surface area contributed by atoms with Crippen molar-refractivity contribution in [2.24, 2.45) is 29.1 Å². The second-order valence-electron chi connectivity index (χ2n) is 11.2. The topological polar surface area (TPSA) is 82.8 Å². The van der Waals surface area contributed by atoms with Gasteiger partial charge in [0.2, 0.25) is 6.29 Å².